The Morgan fingerprint density at radius 2 is 1.94 bits per heavy atom. The molecule has 5 rings (SSSR count). The molecule has 0 spiro atoms. The second-order valence-electron chi connectivity index (χ2n) is 8.15. The predicted octanol–water partition coefficient (Wildman–Crippen LogP) is 4.89. The number of nitrogens with zero attached hydrogens (tertiary/aromatic N) is 2. The van der Waals surface area contributed by atoms with E-state index in [-0.39, 0.29) is 37.9 Å². The molecule has 34 heavy (non-hydrogen) atoms. The summed E-state index contributed by atoms with van der Waals surface area (Å²) in [4.78, 5) is 12.6. The molecule has 2 aliphatic rings. The number of hydrogen-bond donors (Lipinski definition) is 2. The lowest BCUT2D eigenvalue weighted by Gasteiger charge is -2.34. The monoisotopic (exact) mass is 536 g/mol. The molecule has 11 heteroatoms. The number of carbonyl (C=O) groups is 1. The van der Waals surface area contributed by atoms with Gasteiger partial charge in [0, 0.05) is 23.0 Å². The number of aromatic nitrogens is 2. The highest BCUT2D eigenvalue weighted by Crippen LogP contribution is 2.44. The first-order valence-electron chi connectivity index (χ1n) is 10.6. The van der Waals surface area contributed by atoms with Crippen molar-refractivity contribution >= 4 is 27.7 Å². The number of benzene rings is 2. The van der Waals surface area contributed by atoms with Gasteiger partial charge in [-0.2, -0.15) is 18.3 Å². The number of fused-ring (bicyclic) bond motifs is 2. The van der Waals surface area contributed by atoms with Crippen molar-refractivity contribution in [1.82, 2.24) is 15.1 Å². The average Bonchev–Trinajstić information content (AvgIpc) is 3.43. The Hall–Kier alpha value is -3.21. The number of hydrogen-bond acceptors (Lipinski definition) is 5. The molecule has 0 radical (unpaired) electrons. The Morgan fingerprint density at radius 1 is 1.18 bits per heavy atom. The molecule has 2 atom stereocenters. The van der Waals surface area contributed by atoms with Crippen molar-refractivity contribution in [3.05, 3.63) is 69.8 Å². The van der Waals surface area contributed by atoms with Crippen molar-refractivity contribution in [3.63, 3.8) is 0 Å². The van der Waals surface area contributed by atoms with Gasteiger partial charge in [-0.3, -0.25) is 4.79 Å². The summed E-state index contributed by atoms with van der Waals surface area (Å²) in [5.41, 5.74) is 1.95. The normalized spacial score (nSPS) is 18.8. The lowest BCUT2D eigenvalue weighted by molar-refractivity contribution is -0.173. The molecule has 0 unspecified atom stereocenters. The molecule has 7 nitrogen and oxygen atoms in total. The smallest absolute Gasteiger partial charge is 0.410 e. The van der Waals surface area contributed by atoms with Crippen molar-refractivity contribution in [2.24, 2.45) is 0 Å². The van der Waals surface area contributed by atoms with Crippen LogP contribution in [0.25, 0.3) is 0 Å². The maximum atomic E-state index is 13.9. The van der Waals surface area contributed by atoms with Crippen LogP contribution in [0.2, 0.25) is 0 Å². The topological polar surface area (TPSA) is 77.4 Å². The van der Waals surface area contributed by atoms with Crippen molar-refractivity contribution in [3.8, 4) is 11.5 Å². The number of amides is 1. The van der Waals surface area contributed by atoms with Crippen LogP contribution in [0.5, 0.6) is 11.5 Å². The Kier molecular flexibility index (Phi) is 5.88. The lowest BCUT2D eigenvalue weighted by Crippen LogP contribution is -2.36. The average molecular weight is 537 g/mol. The highest BCUT2D eigenvalue weighted by molar-refractivity contribution is 9.10. The molecule has 0 saturated carbocycles. The third-order valence-electron chi connectivity index (χ3n) is 5.86. The quantitative estimate of drug-likeness (QED) is 0.485. The van der Waals surface area contributed by atoms with Crippen LogP contribution >= 0.6 is 15.9 Å². The summed E-state index contributed by atoms with van der Waals surface area (Å²) in [5, 5.41) is 9.94. The first-order valence-corrected chi connectivity index (χ1v) is 11.4. The van der Waals surface area contributed by atoms with Crippen LogP contribution in [-0.2, 0) is 17.8 Å². The van der Waals surface area contributed by atoms with E-state index in [2.05, 4.69) is 31.7 Å². The fourth-order valence-corrected chi connectivity index (χ4v) is 4.41. The number of nitrogens with one attached hydrogen (secondary N) is 2. The first-order chi connectivity index (χ1) is 16.3. The van der Waals surface area contributed by atoms with Gasteiger partial charge in [0.05, 0.1) is 18.7 Å². The third kappa shape index (κ3) is 4.56. The maximum absolute atomic E-state index is 13.9. The van der Waals surface area contributed by atoms with Gasteiger partial charge in [0.1, 0.15) is 5.82 Å². The molecule has 1 aromatic heterocycles. The van der Waals surface area contributed by atoms with E-state index in [0.29, 0.717) is 17.1 Å². The van der Waals surface area contributed by atoms with Crippen LogP contribution in [0.3, 0.4) is 0 Å². The molecular formula is C23H20BrF3N4O3. The Labute approximate surface area is 201 Å². The summed E-state index contributed by atoms with van der Waals surface area (Å²) >= 11 is 3.35. The van der Waals surface area contributed by atoms with E-state index in [4.69, 9.17) is 9.47 Å². The van der Waals surface area contributed by atoms with E-state index in [1.807, 2.05) is 6.07 Å². The summed E-state index contributed by atoms with van der Waals surface area (Å²) in [6.07, 6.45) is -3.46. The zero-order chi connectivity index (χ0) is 23.9. The number of rotatable bonds is 5. The molecule has 3 heterocycles. The van der Waals surface area contributed by atoms with Crippen molar-refractivity contribution in [2.45, 2.75) is 37.6 Å². The number of ether oxygens (including phenoxy) is 2. The molecule has 2 aromatic carbocycles. The molecule has 178 valence electrons. The zero-order valence-corrected chi connectivity index (χ0v) is 19.3. The van der Waals surface area contributed by atoms with Gasteiger partial charge in [-0.05, 0) is 35.4 Å². The van der Waals surface area contributed by atoms with Gasteiger partial charge < -0.3 is 20.1 Å². The van der Waals surface area contributed by atoms with Gasteiger partial charge in [-0.25, -0.2) is 4.68 Å². The second kappa shape index (κ2) is 8.86. The van der Waals surface area contributed by atoms with Gasteiger partial charge in [0.15, 0.2) is 17.5 Å². The molecule has 1 amide bonds. The summed E-state index contributed by atoms with van der Waals surface area (Å²) in [5.74, 6) is 1.13. The van der Waals surface area contributed by atoms with Crippen molar-refractivity contribution < 1.29 is 27.4 Å². The van der Waals surface area contributed by atoms with Gasteiger partial charge in [0.2, 0.25) is 12.7 Å². The minimum atomic E-state index is -4.48. The van der Waals surface area contributed by atoms with Gasteiger partial charge in [-0.15, -0.1) is 0 Å². The van der Waals surface area contributed by atoms with Gasteiger partial charge in [0.25, 0.3) is 0 Å². The Balaban J connectivity index is 1.32. The number of alkyl halides is 3. The maximum Gasteiger partial charge on any atom is 0.410 e. The molecule has 0 bridgehead atoms. The fourth-order valence-electron chi connectivity index (χ4n) is 4.14. The standard InChI is InChI=1S/C23H20BrF3N4O3/c24-16-4-2-14(3-5-16)17-9-20(23(25,26)27)31-22(30-17)15(11-29-31)8-21(32)28-10-13-1-6-18-19(7-13)34-12-33-18/h1-7,11,17,20,30H,8-10,12H2,(H,28,32)/t17-,20+/m0/s1. The highest BCUT2D eigenvalue weighted by Gasteiger charge is 2.47. The van der Waals surface area contributed by atoms with Crippen LogP contribution < -0.4 is 20.1 Å². The summed E-state index contributed by atoms with van der Waals surface area (Å²) in [6, 6.07) is 10.1. The highest BCUT2D eigenvalue weighted by atomic mass is 79.9. The van der Waals surface area contributed by atoms with E-state index >= 15 is 0 Å². The van der Waals surface area contributed by atoms with Gasteiger partial charge >= 0.3 is 6.18 Å². The second-order valence-corrected chi connectivity index (χ2v) is 9.06. The number of anilines is 1. The predicted molar refractivity (Wildman–Crippen MR) is 121 cm³/mol. The molecular weight excluding hydrogens is 517 g/mol. The minimum absolute atomic E-state index is 0.107. The van der Waals surface area contributed by atoms with E-state index in [0.717, 1.165) is 20.3 Å². The van der Waals surface area contributed by atoms with E-state index in [9.17, 15) is 18.0 Å². The molecule has 0 fully saturated rings. The summed E-state index contributed by atoms with van der Waals surface area (Å²) < 4.78 is 53.9. The zero-order valence-electron chi connectivity index (χ0n) is 17.7. The van der Waals surface area contributed by atoms with Gasteiger partial charge in [-0.1, -0.05) is 34.1 Å². The summed E-state index contributed by atoms with van der Waals surface area (Å²) in [6.45, 7) is 0.407. The summed E-state index contributed by atoms with van der Waals surface area (Å²) in [7, 11) is 0. The number of carbonyl (C=O) groups excluding carboxylic acids is 1. The van der Waals surface area contributed by atoms with Crippen LogP contribution in [0.15, 0.2) is 53.1 Å². The van der Waals surface area contributed by atoms with Crippen molar-refractivity contribution in [1.29, 1.82) is 0 Å². The third-order valence-corrected chi connectivity index (χ3v) is 6.39. The van der Waals surface area contributed by atoms with E-state index in [1.54, 1.807) is 36.4 Å². The Bertz CT molecular complexity index is 1210. The largest absolute Gasteiger partial charge is 0.454 e. The van der Waals surface area contributed by atoms with Crippen LogP contribution in [0.4, 0.5) is 19.0 Å². The fraction of sp³-hybridized carbons (Fsp3) is 0.304. The first kappa shape index (κ1) is 22.6. The van der Waals surface area contributed by atoms with Crippen LogP contribution in [-0.4, -0.2) is 28.7 Å². The lowest BCUT2D eigenvalue weighted by atomic mass is 9.96. The number of halogens is 4. The SMILES string of the molecule is O=C(Cc1cnn2c1N[C@H](c1ccc(Br)cc1)C[C@@H]2C(F)(F)F)NCc1ccc2c(c1)OCO2. The minimum Gasteiger partial charge on any atom is -0.454 e. The van der Waals surface area contributed by atoms with E-state index in [1.165, 1.54) is 6.20 Å². The molecule has 3 aromatic rings. The molecule has 2 aliphatic heterocycles. The van der Waals surface area contributed by atoms with Crippen LogP contribution in [0.1, 0.15) is 35.2 Å². The molecule has 2 N–H and O–H groups in total. The van der Waals surface area contributed by atoms with Crippen molar-refractivity contribution in [2.75, 3.05) is 12.1 Å². The molecule has 0 aliphatic carbocycles. The Morgan fingerprint density at radius 3 is 2.71 bits per heavy atom. The molecule has 0 saturated heterocycles. The van der Waals surface area contributed by atoms with E-state index < -0.39 is 18.3 Å². The van der Waals surface area contributed by atoms with Crippen LogP contribution in [0, 0.1) is 0 Å².